The summed E-state index contributed by atoms with van der Waals surface area (Å²) in [6.07, 6.45) is 1.17. The van der Waals surface area contributed by atoms with Gasteiger partial charge in [0.1, 0.15) is 17.9 Å². The van der Waals surface area contributed by atoms with Crippen molar-refractivity contribution in [1.29, 1.82) is 0 Å². The Kier molecular flexibility index (Phi) is 3.51. The van der Waals surface area contributed by atoms with Gasteiger partial charge >= 0.3 is 0 Å². The average Bonchev–Trinajstić information content (AvgIpc) is 2.38. The number of carbonyl (C=O) groups excluding carboxylic acids is 1. The maximum Gasteiger partial charge on any atom is 0.150 e. The van der Waals surface area contributed by atoms with E-state index in [2.05, 4.69) is 0 Å². The summed E-state index contributed by atoms with van der Waals surface area (Å²) in [4.78, 5) is 10.5. The Morgan fingerprint density at radius 2 is 1.83 bits per heavy atom. The molecule has 0 N–H and O–H groups in total. The van der Waals surface area contributed by atoms with Crippen molar-refractivity contribution in [2.75, 3.05) is 0 Å². The van der Waals surface area contributed by atoms with Gasteiger partial charge in [-0.25, -0.2) is 8.78 Å². The lowest BCUT2D eigenvalue weighted by atomic mass is 10.0. The molecule has 0 fully saturated rings. The van der Waals surface area contributed by atoms with Gasteiger partial charge in [0.2, 0.25) is 0 Å². The number of aryl methyl sites for hydroxylation is 1. The van der Waals surface area contributed by atoms with E-state index in [-0.39, 0.29) is 11.4 Å². The zero-order chi connectivity index (χ0) is 13.1. The van der Waals surface area contributed by atoms with E-state index in [1.165, 1.54) is 18.2 Å². The molecule has 0 saturated heterocycles. The van der Waals surface area contributed by atoms with Crippen molar-refractivity contribution in [1.82, 2.24) is 0 Å². The molecule has 0 bridgehead atoms. The van der Waals surface area contributed by atoms with Crippen LogP contribution in [0.2, 0.25) is 0 Å². The van der Waals surface area contributed by atoms with Crippen molar-refractivity contribution in [2.45, 2.75) is 13.3 Å². The fraction of sp³-hybridized carbons (Fsp3) is 0.133. The molecule has 2 aromatic rings. The van der Waals surface area contributed by atoms with Crippen molar-refractivity contribution in [3.05, 3.63) is 59.2 Å². The van der Waals surface area contributed by atoms with E-state index in [1.807, 2.05) is 6.92 Å². The molecule has 18 heavy (non-hydrogen) atoms. The van der Waals surface area contributed by atoms with Gasteiger partial charge in [0.15, 0.2) is 0 Å². The third-order valence-electron chi connectivity index (χ3n) is 2.87. The predicted molar refractivity (Wildman–Crippen MR) is 66.6 cm³/mol. The van der Waals surface area contributed by atoms with Crippen LogP contribution in [0.3, 0.4) is 0 Å². The van der Waals surface area contributed by atoms with Crippen LogP contribution in [0.5, 0.6) is 0 Å². The van der Waals surface area contributed by atoms with Crippen molar-refractivity contribution in [3.63, 3.8) is 0 Å². The van der Waals surface area contributed by atoms with E-state index in [4.69, 9.17) is 0 Å². The molecular weight excluding hydrogens is 234 g/mol. The summed E-state index contributed by atoms with van der Waals surface area (Å²) in [6.45, 7) is 1.86. The van der Waals surface area contributed by atoms with Crippen LogP contribution < -0.4 is 0 Å². The van der Waals surface area contributed by atoms with Crippen molar-refractivity contribution in [2.24, 2.45) is 0 Å². The highest BCUT2D eigenvalue weighted by Gasteiger charge is 2.08. The molecule has 1 nitrogen and oxygen atoms in total. The van der Waals surface area contributed by atoms with Crippen LogP contribution in [0.4, 0.5) is 8.78 Å². The smallest absolute Gasteiger partial charge is 0.150 e. The third kappa shape index (κ3) is 2.30. The Morgan fingerprint density at radius 3 is 2.39 bits per heavy atom. The predicted octanol–water partition coefficient (Wildman–Crippen LogP) is 4.01. The van der Waals surface area contributed by atoms with E-state index in [9.17, 15) is 13.6 Å². The molecule has 92 valence electrons. The molecule has 0 radical (unpaired) electrons. The molecule has 0 amide bonds. The number of hydrogen-bond acceptors (Lipinski definition) is 1. The van der Waals surface area contributed by atoms with E-state index in [0.717, 1.165) is 6.07 Å². The zero-order valence-electron chi connectivity index (χ0n) is 9.91. The average molecular weight is 246 g/mol. The molecule has 2 rings (SSSR count). The standard InChI is InChI=1S/C15H12F2O/c1-2-11-4-5-12(8-14(11)16)13-6-3-10(9-18)7-15(13)17/h3-9H,2H2,1H3. The van der Waals surface area contributed by atoms with Gasteiger partial charge in [-0.3, -0.25) is 4.79 Å². The SMILES string of the molecule is CCc1ccc(-c2ccc(C=O)cc2F)cc1F. The summed E-state index contributed by atoms with van der Waals surface area (Å²) < 4.78 is 27.4. The maximum atomic E-state index is 13.8. The summed E-state index contributed by atoms with van der Waals surface area (Å²) in [5.41, 5.74) is 1.63. The highest BCUT2D eigenvalue weighted by atomic mass is 19.1. The topological polar surface area (TPSA) is 17.1 Å². The lowest BCUT2D eigenvalue weighted by molar-refractivity contribution is 0.112. The Morgan fingerprint density at radius 1 is 1.06 bits per heavy atom. The van der Waals surface area contributed by atoms with E-state index < -0.39 is 5.82 Å². The molecule has 0 atom stereocenters. The molecule has 0 saturated carbocycles. The molecule has 0 heterocycles. The van der Waals surface area contributed by atoms with Gasteiger partial charge in [-0.05, 0) is 29.7 Å². The lowest BCUT2D eigenvalue weighted by Crippen LogP contribution is -1.91. The molecule has 0 aromatic heterocycles. The highest BCUT2D eigenvalue weighted by Crippen LogP contribution is 2.25. The minimum atomic E-state index is -0.525. The molecule has 0 aliphatic heterocycles. The van der Waals surface area contributed by atoms with E-state index in [1.54, 1.807) is 12.1 Å². The molecule has 0 aliphatic carbocycles. The van der Waals surface area contributed by atoms with Gasteiger partial charge in [-0.2, -0.15) is 0 Å². The first-order chi connectivity index (χ1) is 8.65. The Hall–Kier alpha value is -2.03. The summed E-state index contributed by atoms with van der Waals surface area (Å²) in [5.74, 6) is -0.864. The van der Waals surface area contributed by atoms with Crippen LogP contribution in [-0.4, -0.2) is 6.29 Å². The largest absolute Gasteiger partial charge is 0.298 e. The molecule has 0 aliphatic rings. The quantitative estimate of drug-likeness (QED) is 0.748. The lowest BCUT2D eigenvalue weighted by Gasteiger charge is -2.06. The minimum Gasteiger partial charge on any atom is -0.298 e. The number of benzene rings is 2. The molecule has 2 aromatic carbocycles. The number of halogens is 2. The van der Waals surface area contributed by atoms with Crippen LogP contribution in [0.25, 0.3) is 11.1 Å². The van der Waals surface area contributed by atoms with Crippen molar-refractivity contribution in [3.8, 4) is 11.1 Å². The molecular formula is C15H12F2O. The van der Waals surface area contributed by atoms with Crippen LogP contribution in [0, 0.1) is 11.6 Å². The summed E-state index contributed by atoms with van der Waals surface area (Å²) in [7, 11) is 0. The van der Waals surface area contributed by atoms with Crippen molar-refractivity contribution < 1.29 is 13.6 Å². The number of aldehydes is 1. The van der Waals surface area contributed by atoms with Gasteiger partial charge in [0.05, 0.1) is 0 Å². The van der Waals surface area contributed by atoms with E-state index in [0.29, 0.717) is 29.4 Å². The summed E-state index contributed by atoms with van der Waals surface area (Å²) in [5, 5.41) is 0. The van der Waals surface area contributed by atoms with Gasteiger partial charge in [0, 0.05) is 11.1 Å². The van der Waals surface area contributed by atoms with Gasteiger partial charge < -0.3 is 0 Å². The van der Waals surface area contributed by atoms with Crippen LogP contribution in [-0.2, 0) is 6.42 Å². The third-order valence-corrected chi connectivity index (χ3v) is 2.87. The number of hydrogen-bond donors (Lipinski definition) is 0. The van der Waals surface area contributed by atoms with E-state index >= 15 is 0 Å². The summed E-state index contributed by atoms with van der Waals surface area (Å²) in [6, 6.07) is 8.79. The van der Waals surface area contributed by atoms with Gasteiger partial charge in [0.25, 0.3) is 0 Å². The van der Waals surface area contributed by atoms with Crippen LogP contribution in [0.15, 0.2) is 36.4 Å². The molecule has 0 spiro atoms. The minimum absolute atomic E-state index is 0.266. The summed E-state index contributed by atoms with van der Waals surface area (Å²) >= 11 is 0. The Labute approximate surface area is 104 Å². The first-order valence-electron chi connectivity index (χ1n) is 5.69. The fourth-order valence-electron chi connectivity index (χ4n) is 1.84. The van der Waals surface area contributed by atoms with Crippen molar-refractivity contribution >= 4 is 6.29 Å². The number of carbonyl (C=O) groups is 1. The second-order valence-electron chi connectivity index (χ2n) is 4.02. The van der Waals surface area contributed by atoms with Gasteiger partial charge in [-0.15, -0.1) is 0 Å². The highest BCUT2D eigenvalue weighted by molar-refractivity contribution is 5.77. The van der Waals surface area contributed by atoms with Crippen LogP contribution in [0.1, 0.15) is 22.8 Å². The molecule has 3 heteroatoms. The second-order valence-corrected chi connectivity index (χ2v) is 4.02. The Balaban J connectivity index is 2.48. The first-order valence-corrected chi connectivity index (χ1v) is 5.69. The first kappa shape index (κ1) is 12.4. The normalized spacial score (nSPS) is 10.4. The number of rotatable bonds is 3. The van der Waals surface area contributed by atoms with Crippen LogP contribution >= 0.6 is 0 Å². The zero-order valence-corrected chi connectivity index (χ0v) is 9.91. The van der Waals surface area contributed by atoms with Gasteiger partial charge in [-0.1, -0.05) is 31.2 Å². The Bertz CT molecular complexity index is 591. The molecule has 0 unspecified atom stereocenters. The fourth-order valence-corrected chi connectivity index (χ4v) is 1.84. The maximum absolute atomic E-state index is 13.8. The second kappa shape index (κ2) is 5.08. The monoisotopic (exact) mass is 246 g/mol.